The van der Waals surface area contributed by atoms with Crippen LogP contribution in [-0.4, -0.2) is 35.0 Å². The molecule has 3 aliphatic heterocycles. The number of hydrogen-bond acceptors (Lipinski definition) is 6. The summed E-state index contributed by atoms with van der Waals surface area (Å²) in [6.07, 6.45) is 3.17. The summed E-state index contributed by atoms with van der Waals surface area (Å²) in [4.78, 5) is 3.09. The second kappa shape index (κ2) is 5.83. The molecular formula is C7H15Cl3N6P3+. The van der Waals surface area contributed by atoms with Crippen molar-refractivity contribution in [2.75, 3.05) is 26.2 Å². The summed E-state index contributed by atoms with van der Waals surface area (Å²) < 4.78 is 18.1. The third-order valence-electron chi connectivity index (χ3n) is 3.13. The zero-order valence-electron chi connectivity index (χ0n) is 10.2. The molecule has 0 radical (unpaired) electrons. The molecular weight excluding hydrogens is 367 g/mol. The van der Waals surface area contributed by atoms with E-state index in [-0.39, 0.29) is 0 Å². The van der Waals surface area contributed by atoms with Gasteiger partial charge in [-0.05, 0) is 58.4 Å². The molecule has 1 saturated heterocycles. The highest BCUT2D eigenvalue weighted by molar-refractivity contribution is 8.13. The van der Waals surface area contributed by atoms with Gasteiger partial charge < -0.3 is 0 Å². The van der Waals surface area contributed by atoms with E-state index in [2.05, 4.69) is 18.8 Å². The quantitative estimate of drug-likeness (QED) is 0.450. The first-order valence-electron chi connectivity index (χ1n) is 6.12. The first kappa shape index (κ1) is 15.2. The average Bonchev–Trinajstić information content (AvgIpc) is 2.38. The maximum atomic E-state index is 6.45. The fourth-order valence-electron chi connectivity index (χ4n) is 2.30. The molecule has 0 aliphatic carbocycles. The normalized spacial score (nSPS) is 37.7. The van der Waals surface area contributed by atoms with Crippen molar-refractivity contribution in [3.8, 4) is 0 Å². The molecule has 0 aromatic rings. The van der Waals surface area contributed by atoms with Crippen LogP contribution in [0.15, 0.2) is 13.8 Å². The van der Waals surface area contributed by atoms with Gasteiger partial charge in [0.15, 0.2) is 0 Å². The van der Waals surface area contributed by atoms with Gasteiger partial charge in [0.1, 0.15) is 0 Å². The largest absolute Gasteiger partial charge is 0.459 e. The number of rotatable bonds is 0. The second-order valence-corrected chi connectivity index (χ2v) is 14.8. The molecule has 108 valence electrons. The highest BCUT2D eigenvalue weighted by Crippen LogP contribution is 2.77. The minimum absolute atomic E-state index is 0.774. The van der Waals surface area contributed by atoms with Crippen molar-refractivity contribution in [1.82, 2.24) is 13.7 Å². The van der Waals surface area contributed by atoms with Crippen LogP contribution < -0.4 is 4.86 Å². The van der Waals surface area contributed by atoms with E-state index in [0.29, 0.717) is 0 Å². The Morgan fingerprint density at radius 1 is 1.11 bits per heavy atom. The molecule has 2 unspecified atom stereocenters. The zero-order valence-corrected chi connectivity index (χ0v) is 15.1. The van der Waals surface area contributed by atoms with Crippen LogP contribution in [0.3, 0.4) is 0 Å². The minimum Gasteiger partial charge on any atom is -0.236 e. The topological polar surface area (TPSA) is 55.6 Å². The molecule has 3 rings (SSSR count). The standard InChI is InChI=1S/C7H15Cl3N6P3/c8-16-7-3-6-15-5-2-1-4-11-17-12-18(9,10)14-19(15,16)13-17/h1-7H2,(H,11,12)/q+1. The van der Waals surface area contributed by atoms with E-state index < -0.39 is 21.4 Å². The van der Waals surface area contributed by atoms with Crippen LogP contribution in [0.4, 0.5) is 0 Å². The number of halogens is 3. The number of nitrogens with one attached hydrogen (secondary N) is 1. The van der Waals surface area contributed by atoms with E-state index in [4.69, 9.17) is 38.8 Å². The van der Waals surface area contributed by atoms with Gasteiger partial charge in [0.25, 0.3) is 13.4 Å². The first-order chi connectivity index (χ1) is 9.02. The van der Waals surface area contributed by atoms with Gasteiger partial charge in [-0.1, -0.05) is 4.74 Å². The highest BCUT2D eigenvalue weighted by Gasteiger charge is 2.47. The monoisotopic (exact) mass is 381 g/mol. The van der Waals surface area contributed by atoms with Gasteiger partial charge in [0.2, 0.25) is 0 Å². The van der Waals surface area contributed by atoms with Crippen LogP contribution in [0.5, 0.6) is 0 Å². The molecule has 19 heavy (non-hydrogen) atoms. The first-order valence-corrected chi connectivity index (χ1v) is 12.9. The van der Waals surface area contributed by atoms with Crippen LogP contribution >= 0.6 is 55.7 Å². The van der Waals surface area contributed by atoms with E-state index in [0.717, 1.165) is 45.4 Å². The van der Waals surface area contributed by atoms with Gasteiger partial charge in [0, 0.05) is 24.1 Å². The zero-order chi connectivity index (χ0) is 13.5. The van der Waals surface area contributed by atoms with E-state index in [1.807, 2.05) is 0 Å². The Bertz CT molecular complexity index is 516. The van der Waals surface area contributed by atoms with Crippen molar-refractivity contribution in [1.29, 1.82) is 0 Å². The third-order valence-corrected chi connectivity index (χ3v) is 14.1. The van der Waals surface area contributed by atoms with E-state index in [1.165, 1.54) is 0 Å². The highest BCUT2D eigenvalue weighted by atomic mass is 35.9. The SMILES string of the molecule is ClN1CCCN2CCCCN=[P+]3N=P12N=P(Cl)(Cl)N3. The van der Waals surface area contributed by atoms with Gasteiger partial charge in [-0.3, -0.25) is 0 Å². The van der Waals surface area contributed by atoms with Crippen LogP contribution in [0, 0.1) is 0 Å². The molecule has 1 spiro atoms. The Hall–Kier alpha value is 1.31. The lowest BCUT2D eigenvalue weighted by Gasteiger charge is -2.40. The lowest BCUT2D eigenvalue weighted by molar-refractivity contribution is 0.367. The number of fused-ring (bicyclic) bond motifs is 1. The summed E-state index contributed by atoms with van der Waals surface area (Å²) in [5.41, 5.74) is 0. The van der Waals surface area contributed by atoms with Crippen molar-refractivity contribution in [2.24, 2.45) is 13.8 Å². The van der Waals surface area contributed by atoms with Gasteiger partial charge in [-0.25, -0.2) is 4.67 Å². The fourth-order valence-corrected chi connectivity index (χ4v) is 14.5. The molecule has 0 aromatic heterocycles. The van der Waals surface area contributed by atoms with Gasteiger partial charge in [0.05, 0.1) is 6.54 Å². The summed E-state index contributed by atoms with van der Waals surface area (Å²) in [5.74, 6) is -2.57. The molecule has 2 atom stereocenters. The molecule has 0 aromatic carbocycles. The number of hydrogen-bond donors (Lipinski definition) is 1. The Morgan fingerprint density at radius 3 is 2.74 bits per heavy atom. The lowest BCUT2D eigenvalue weighted by atomic mass is 10.3. The second-order valence-electron chi connectivity index (χ2n) is 4.53. The average molecular weight is 383 g/mol. The van der Waals surface area contributed by atoms with E-state index >= 15 is 0 Å². The smallest absolute Gasteiger partial charge is 0.236 e. The van der Waals surface area contributed by atoms with E-state index in [1.54, 1.807) is 4.19 Å². The molecule has 3 heterocycles. The summed E-state index contributed by atoms with van der Waals surface area (Å²) in [6, 6.07) is 0. The third kappa shape index (κ3) is 3.08. The molecule has 0 saturated carbocycles. The Kier molecular flexibility index (Phi) is 4.67. The predicted octanol–water partition coefficient (Wildman–Crippen LogP) is 5.41. The maximum Gasteiger partial charge on any atom is 0.459 e. The van der Waals surface area contributed by atoms with Gasteiger partial charge in [-0.2, -0.15) is 4.52 Å². The molecule has 6 nitrogen and oxygen atoms in total. The predicted molar refractivity (Wildman–Crippen MR) is 85.7 cm³/mol. The van der Waals surface area contributed by atoms with Gasteiger partial charge in [-0.15, -0.1) is 4.19 Å². The summed E-state index contributed by atoms with van der Waals surface area (Å²) in [5, 5.41) is 0. The van der Waals surface area contributed by atoms with Crippen LogP contribution in [0.1, 0.15) is 19.3 Å². The molecule has 0 amide bonds. The number of nitrogens with zero attached hydrogens (tertiary/aromatic N) is 5. The maximum absolute atomic E-state index is 6.45. The summed E-state index contributed by atoms with van der Waals surface area (Å²) in [6.45, 7) is 3.47. The fraction of sp³-hybridized carbons (Fsp3) is 1.00. The molecule has 1 N–H and O–H groups in total. The Labute approximate surface area is 128 Å². The minimum atomic E-state index is -2.57. The van der Waals surface area contributed by atoms with Crippen molar-refractivity contribution < 1.29 is 0 Å². The van der Waals surface area contributed by atoms with Gasteiger partial charge >= 0.3 is 8.01 Å². The molecule has 12 heteroatoms. The Morgan fingerprint density at radius 2 is 1.89 bits per heavy atom. The summed E-state index contributed by atoms with van der Waals surface area (Å²) >= 11 is 19.1. The van der Waals surface area contributed by atoms with Crippen molar-refractivity contribution >= 4 is 55.7 Å². The lowest BCUT2D eigenvalue weighted by Crippen LogP contribution is -2.35. The van der Waals surface area contributed by atoms with Crippen LogP contribution in [0.2, 0.25) is 0 Å². The van der Waals surface area contributed by atoms with Crippen LogP contribution in [-0.2, 0) is 0 Å². The molecule has 3 aliphatic rings. The molecule has 1 fully saturated rings. The molecule has 2 bridgehead atoms. The van der Waals surface area contributed by atoms with E-state index in [9.17, 15) is 0 Å². The summed E-state index contributed by atoms with van der Waals surface area (Å²) in [7, 11) is -3.39. The Balaban J connectivity index is 2.17. The van der Waals surface area contributed by atoms with Crippen molar-refractivity contribution in [2.45, 2.75) is 19.3 Å². The van der Waals surface area contributed by atoms with Crippen LogP contribution in [0.25, 0.3) is 0 Å². The van der Waals surface area contributed by atoms with Crippen molar-refractivity contribution in [3.05, 3.63) is 0 Å². The van der Waals surface area contributed by atoms with Crippen molar-refractivity contribution in [3.63, 3.8) is 0 Å².